The smallest absolute Gasteiger partial charge is 0.139 e. The van der Waals surface area contributed by atoms with Crippen LogP contribution in [-0.4, -0.2) is 0 Å². The Morgan fingerprint density at radius 1 is 0.490 bits per heavy atom. The van der Waals surface area contributed by atoms with E-state index in [1.807, 2.05) is 0 Å². The summed E-state index contributed by atoms with van der Waals surface area (Å²) in [7, 11) is 0. The quantitative estimate of drug-likeness (QED) is 0.173. The van der Waals surface area contributed by atoms with Crippen LogP contribution < -0.4 is 4.74 Å². The summed E-state index contributed by atoms with van der Waals surface area (Å²) >= 11 is 0. The highest BCUT2D eigenvalue weighted by Crippen LogP contribution is 2.54. The lowest BCUT2D eigenvalue weighted by molar-refractivity contribution is 0.418. The SMILES string of the molecule is [2H]C1(c2ccc3c(c2-c2cccc(-c4cc(-c5ccccc5)c(-c5ccccc5)cc4-c4ccccc4)c2)Oc2ccccc2C3(C)C)CCCC1. The maximum atomic E-state index is 9.81. The van der Waals surface area contributed by atoms with Gasteiger partial charge in [-0.25, -0.2) is 0 Å². The first-order valence-corrected chi connectivity index (χ1v) is 18.3. The first-order valence-electron chi connectivity index (χ1n) is 18.8. The molecule has 0 spiro atoms. The van der Waals surface area contributed by atoms with Gasteiger partial charge < -0.3 is 4.74 Å². The van der Waals surface area contributed by atoms with Gasteiger partial charge in [-0.15, -0.1) is 0 Å². The summed E-state index contributed by atoms with van der Waals surface area (Å²) in [6.07, 6.45) is 3.87. The molecule has 0 atom stereocenters. The molecule has 1 fully saturated rings. The molecular formula is C50H42O. The van der Waals surface area contributed by atoms with E-state index in [-0.39, 0.29) is 5.41 Å². The molecular weight excluding hydrogens is 617 g/mol. The van der Waals surface area contributed by atoms with Gasteiger partial charge in [0.05, 0.1) is 0 Å². The molecule has 2 aliphatic rings. The molecule has 1 saturated carbocycles. The van der Waals surface area contributed by atoms with Gasteiger partial charge in [0.2, 0.25) is 0 Å². The van der Waals surface area contributed by atoms with Gasteiger partial charge in [-0.3, -0.25) is 0 Å². The van der Waals surface area contributed by atoms with Crippen molar-refractivity contribution in [1.29, 1.82) is 0 Å². The fourth-order valence-electron chi connectivity index (χ4n) is 8.41. The Morgan fingerprint density at radius 2 is 0.980 bits per heavy atom. The van der Waals surface area contributed by atoms with Crippen molar-refractivity contribution >= 4 is 0 Å². The van der Waals surface area contributed by atoms with Crippen molar-refractivity contribution in [1.82, 2.24) is 0 Å². The molecule has 7 aromatic carbocycles. The highest BCUT2D eigenvalue weighted by Gasteiger charge is 2.37. The van der Waals surface area contributed by atoms with Crippen molar-refractivity contribution < 1.29 is 6.11 Å². The van der Waals surface area contributed by atoms with Gasteiger partial charge in [0.1, 0.15) is 11.5 Å². The predicted octanol–water partition coefficient (Wildman–Crippen LogP) is 14.1. The molecule has 9 rings (SSSR count). The zero-order valence-corrected chi connectivity index (χ0v) is 29.3. The van der Waals surface area contributed by atoms with Crippen LogP contribution >= 0.6 is 0 Å². The zero-order valence-electron chi connectivity index (χ0n) is 30.3. The van der Waals surface area contributed by atoms with Crippen LogP contribution in [0.2, 0.25) is 0 Å². The van der Waals surface area contributed by atoms with Gasteiger partial charge in [0.15, 0.2) is 0 Å². The van der Waals surface area contributed by atoms with Gasteiger partial charge in [0, 0.05) is 23.5 Å². The third kappa shape index (κ3) is 5.58. The Morgan fingerprint density at radius 3 is 1.57 bits per heavy atom. The standard InChI is InChI=1S/C50H42O/c1-50(2)45-27-14-15-28-47(45)51-49-46(50)30-29-40(34-23-12-13-24-34)48(49)39-26-16-25-38(31-39)44-33-42(36-19-8-4-9-20-36)41(35-17-6-3-7-18-35)32-43(44)37-21-10-5-11-22-37/h3-11,14-22,25-34H,12-13,23-24H2,1-2H3/i34D. The largest absolute Gasteiger partial charge is 0.456 e. The van der Waals surface area contributed by atoms with Crippen molar-refractivity contribution in [2.45, 2.75) is 50.8 Å². The van der Waals surface area contributed by atoms with Crippen molar-refractivity contribution in [2.75, 3.05) is 0 Å². The molecule has 0 amide bonds. The molecule has 248 valence electrons. The number of hydrogen-bond donors (Lipinski definition) is 0. The summed E-state index contributed by atoms with van der Waals surface area (Å²) < 4.78 is 16.8. The van der Waals surface area contributed by atoms with Crippen LogP contribution in [0, 0.1) is 0 Å². The van der Waals surface area contributed by atoms with Gasteiger partial charge >= 0.3 is 0 Å². The monoisotopic (exact) mass is 659 g/mol. The first-order chi connectivity index (χ1) is 25.4. The van der Waals surface area contributed by atoms with E-state index in [0.717, 1.165) is 59.4 Å². The minimum Gasteiger partial charge on any atom is -0.456 e. The molecule has 1 heteroatoms. The van der Waals surface area contributed by atoms with Gasteiger partial charge in [-0.2, -0.15) is 0 Å². The molecule has 1 aliphatic heterocycles. The second-order valence-electron chi connectivity index (χ2n) is 14.5. The Hall–Kier alpha value is -5.66. The lowest BCUT2D eigenvalue weighted by Gasteiger charge is -2.36. The van der Waals surface area contributed by atoms with E-state index in [1.54, 1.807) is 0 Å². The third-order valence-corrected chi connectivity index (χ3v) is 11.1. The Kier molecular flexibility index (Phi) is 7.64. The topological polar surface area (TPSA) is 9.23 Å². The molecule has 0 bridgehead atoms. The van der Waals surface area contributed by atoms with Crippen LogP contribution in [0.15, 0.2) is 164 Å². The van der Waals surface area contributed by atoms with Crippen LogP contribution in [0.5, 0.6) is 11.5 Å². The van der Waals surface area contributed by atoms with Crippen molar-refractivity contribution in [3.63, 3.8) is 0 Å². The van der Waals surface area contributed by atoms with Crippen LogP contribution in [0.25, 0.3) is 55.6 Å². The number of fused-ring (bicyclic) bond motifs is 2. The van der Waals surface area contributed by atoms with Crippen LogP contribution in [0.1, 0.15) is 63.5 Å². The van der Waals surface area contributed by atoms with E-state index in [9.17, 15) is 1.37 Å². The number of benzene rings is 7. The van der Waals surface area contributed by atoms with Crippen molar-refractivity contribution in [3.8, 4) is 67.1 Å². The molecule has 0 N–H and O–H groups in total. The van der Waals surface area contributed by atoms with Gasteiger partial charge in [-0.05, 0) is 98.6 Å². The molecule has 0 saturated heterocycles. The lowest BCUT2D eigenvalue weighted by Crippen LogP contribution is -2.25. The first kappa shape index (κ1) is 30.2. The Labute approximate surface area is 303 Å². The molecule has 1 aliphatic carbocycles. The minimum atomic E-state index is -0.655. The summed E-state index contributed by atoms with van der Waals surface area (Å²) in [5, 5.41) is 0. The zero-order chi connectivity index (χ0) is 35.3. The number of para-hydroxylation sites is 1. The molecule has 0 aromatic heterocycles. The highest BCUT2D eigenvalue weighted by molar-refractivity contribution is 5.96. The average Bonchev–Trinajstić information content (AvgIpc) is 3.65. The summed E-state index contributed by atoms with van der Waals surface area (Å²) in [6, 6.07) is 58.9. The van der Waals surface area contributed by atoms with E-state index in [4.69, 9.17) is 4.74 Å². The minimum absolute atomic E-state index is 0.252. The Bertz CT molecular complexity index is 2400. The van der Waals surface area contributed by atoms with Crippen molar-refractivity contribution in [2.24, 2.45) is 0 Å². The number of hydrogen-bond acceptors (Lipinski definition) is 1. The second-order valence-corrected chi connectivity index (χ2v) is 14.5. The predicted molar refractivity (Wildman–Crippen MR) is 213 cm³/mol. The van der Waals surface area contributed by atoms with E-state index < -0.39 is 5.89 Å². The second kappa shape index (κ2) is 12.9. The van der Waals surface area contributed by atoms with Crippen LogP contribution in [0.3, 0.4) is 0 Å². The third-order valence-electron chi connectivity index (χ3n) is 11.1. The van der Waals surface area contributed by atoms with E-state index in [0.29, 0.717) is 0 Å². The van der Waals surface area contributed by atoms with E-state index in [2.05, 4.69) is 178 Å². The highest BCUT2D eigenvalue weighted by atomic mass is 16.5. The fraction of sp³-hybridized carbons (Fsp3) is 0.160. The molecule has 51 heavy (non-hydrogen) atoms. The molecule has 7 aromatic rings. The van der Waals surface area contributed by atoms with Crippen molar-refractivity contribution in [3.05, 3.63) is 180 Å². The van der Waals surface area contributed by atoms with E-state index in [1.165, 1.54) is 50.1 Å². The molecule has 1 heterocycles. The number of rotatable bonds is 6. The lowest BCUT2D eigenvalue weighted by atomic mass is 9.73. The normalized spacial score (nSPS) is 15.7. The van der Waals surface area contributed by atoms with E-state index >= 15 is 0 Å². The molecule has 0 unspecified atom stereocenters. The van der Waals surface area contributed by atoms with Crippen LogP contribution in [-0.2, 0) is 5.41 Å². The molecule has 1 nitrogen and oxygen atoms in total. The summed E-state index contributed by atoms with van der Waals surface area (Å²) in [4.78, 5) is 0. The fourth-order valence-corrected chi connectivity index (χ4v) is 8.41. The van der Waals surface area contributed by atoms with Crippen LogP contribution in [0.4, 0.5) is 0 Å². The average molecular weight is 660 g/mol. The van der Waals surface area contributed by atoms with Gasteiger partial charge in [0.25, 0.3) is 0 Å². The summed E-state index contributed by atoms with van der Waals surface area (Å²) in [5.74, 6) is 1.14. The summed E-state index contributed by atoms with van der Waals surface area (Å²) in [5.41, 5.74) is 14.8. The molecule has 0 radical (unpaired) electrons. The summed E-state index contributed by atoms with van der Waals surface area (Å²) in [6.45, 7) is 4.59. The van der Waals surface area contributed by atoms with Gasteiger partial charge in [-0.1, -0.05) is 166 Å². The maximum Gasteiger partial charge on any atom is 0.139 e. The number of ether oxygens (including phenoxy) is 1. The maximum absolute atomic E-state index is 9.81. The Balaban J connectivity index is 1.30.